The number of fused-ring (bicyclic) bond motifs is 1. The first-order valence-electron chi connectivity index (χ1n) is 7.14. The van der Waals surface area contributed by atoms with E-state index in [-0.39, 0.29) is 35.2 Å². The second kappa shape index (κ2) is 6.04. The highest BCUT2D eigenvalue weighted by Crippen LogP contribution is 2.37. The summed E-state index contributed by atoms with van der Waals surface area (Å²) in [5, 5.41) is 9.31. The quantitative estimate of drug-likeness (QED) is 0.878. The summed E-state index contributed by atoms with van der Waals surface area (Å²) >= 11 is 0. The third-order valence-corrected chi connectivity index (χ3v) is 4.89. The van der Waals surface area contributed by atoms with E-state index in [2.05, 4.69) is 4.72 Å². The predicted molar refractivity (Wildman–Crippen MR) is 86.4 cm³/mol. The molecule has 0 saturated heterocycles. The van der Waals surface area contributed by atoms with E-state index in [0.29, 0.717) is 5.69 Å². The van der Waals surface area contributed by atoms with Crippen LogP contribution in [0.2, 0.25) is 0 Å². The molecule has 126 valence electrons. The summed E-state index contributed by atoms with van der Waals surface area (Å²) < 4.78 is 38.3. The number of aromatic carboxylic acids is 1. The number of para-hydroxylation sites is 1. The van der Waals surface area contributed by atoms with Gasteiger partial charge in [-0.3, -0.25) is 4.72 Å². The van der Waals surface area contributed by atoms with Gasteiger partial charge in [0.25, 0.3) is 10.0 Å². The van der Waals surface area contributed by atoms with Crippen molar-refractivity contribution in [1.82, 2.24) is 0 Å². The lowest BCUT2D eigenvalue weighted by atomic mass is 10.2. The molecule has 2 N–H and O–H groups in total. The van der Waals surface area contributed by atoms with E-state index in [9.17, 15) is 18.3 Å². The maximum absolute atomic E-state index is 12.6. The summed E-state index contributed by atoms with van der Waals surface area (Å²) in [6.07, 6.45) is 0. The van der Waals surface area contributed by atoms with Gasteiger partial charge < -0.3 is 14.6 Å². The summed E-state index contributed by atoms with van der Waals surface area (Å²) in [5.74, 6) is -1.14. The van der Waals surface area contributed by atoms with Crippen molar-refractivity contribution in [2.24, 2.45) is 0 Å². The molecule has 1 heterocycles. The highest BCUT2D eigenvalue weighted by atomic mass is 32.2. The van der Waals surface area contributed by atoms with Gasteiger partial charge in [0, 0.05) is 6.07 Å². The molecular formula is C16H15NO6S. The Morgan fingerprint density at radius 3 is 2.58 bits per heavy atom. The highest BCUT2D eigenvalue weighted by molar-refractivity contribution is 7.92. The second-order valence-electron chi connectivity index (χ2n) is 5.22. The molecule has 7 nitrogen and oxygen atoms in total. The first-order valence-corrected chi connectivity index (χ1v) is 8.62. The van der Waals surface area contributed by atoms with Gasteiger partial charge in [0.2, 0.25) is 0 Å². The standard InChI is InChI=1S/C16H15NO6S/c1-10-4-2-3-5-13(10)17-24(20,21)11-8-12(16(18)19)15-14(9-11)22-6-7-23-15/h2-5,8-9,17H,6-7H2,1H3,(H,18,19). The Morgan fingerprint density at radius 1 is 1.17 bits per heavy atom. The van der Waals surface area contributed by atoms with Crippen LogP contribution in [-0.2, 0) is 10.0 Å². The van der Waals surface area contributed by atoms with Gasteiger partial charge in [0.05, 0.1) is 10.6 Å². The number of hydrogen-bond donors (Lipinski definition) is 2. The Hall–Kier alpha value is -2.74. The number of carboxylic acid groups (broad SMARTS) is 1. The molecule has 1 aliphatic heterocycles. The topological polar surface area (TPSA) is 102 Å². The summed E-state index contributed by atoms with van der Waals surface area (Å²) in [4.78, 5) is 11.2. The zero-order valence-electron chi connectivity index (χ0n) is 12.8. The van der Waals surface area contributed by atoms with E-state index in [1.807, 2.05) is 0 Å². The van der Waals surface area contributed by atoms with Crippen LogP contribution < -0.4 is 14.2 Å². The first kappa shape index (κ1) is 16.1. The van der Waals surface area contributed by atoms with Gasteiger partial charge in [-0.25, -0.2) is 13.2 Å². The van der Waals surface area contributed by atoms with Crippen LogP contribution in [0.1, 0.15) is 15.9 Å². The largest absolute Gasteiger partial charge is 0.486 e. The van der Waals surface area contributed by atoms with Crippen molar-refractivity contribution in [2.45, 2.75) is 11.8 Å². The number of aryl methyl sites for hydroxylation is 1. The van der Waals surface area contributed by atoms with E-state index < -0.39 is 16.0 Å². The number of sulfonamides is 1. The third-order valence-electron chi connectivity index (χ3n) is 3.55. The SMILES string of the molecule is Cc1ccccc1NS(=O)(=O)c1cc2c(c(C(=O)O)c1)OCCO2. The molecule has 0 fully saturated rings. The number of carbonyl (C=O) groups is 1. The van der Waals surface area contributed by atoms with Gasteiger partial charge in [-0.15, -0.1) is 0 Å². The number of hydrogen-bond acceptors (Lipinski definition) is 5. The number of nitrogens with one attached hydrogen (secondary N) is 1. The Bertz CT molecular complexity index is 907. The summed E-state index contributed by atoms with van der Waals surface area (Å²) in [6.45, 7) is 2.20. The zero-order valence-corrected chi connectivity index (χ0v) is 13.6. The van der Waals surface area contributed by atoms with Crippen LogP contribution in [0.4, 0.5) is 5.69 Å². The molecule has 0 spiro atoms. The molecule has 0 aromatic heterocycles. The van der Waals surface area contributed by atoms with Gasteiger partial charge in [-0.05, 0) is 24.6 Å². The van der Waals surface area contributed by atoms with Crippen LogP contribution in [0.25, 0.3) is 0 Å². The van der Waals surface area contributed by atoms with Gasteiger partial charge in [0.1, 0.15) is 18.8 Å². The molecular weight excluding hydrogens is 334 g/mol. The predicted octanol–water partition coefficient (Wildman–Crippen LogP) is 2.27. The summed E-state index contributed by atoms with van der Waals surface area (Å²) in [6, 6.07) is 9.22. The van der Waals surface area contributed by atoms with E-state index in [1.165, 1.54) is 6.07 Å². The molecule has 1 aliphatic rings. The van der Waals surface area contributed by atoms with Gasteiger partial charge in [-0.2, -0.15) is 0 Å². The van der Waals surface area contributed by atoms with Crippen LogP contribution in [-0.4, -0.2) is 32.7 Å². The summed E-state index contributed by atoms with van der Waals surface area (Å²) in [7, 11) is -3.97. The number of ether oxygens (including phenoxy) is 2. The lowest BCUT2D eigenvalue weighted by Gasteiger charge is -2.21. The molecule has 0 amide bonds. The molecule has 0 aliphatic carbocycles. The maximum atomic E-state index is 12.6. The van der Waals surface area contributed by atoms with Gasteiger partial charge in [0.15, 0.2) is 11.5 Å². The highest BCUT2D eigenvalue weighted by Gasteiger charge is 2.26. The number of benzene rings is 2. The third kappa shape index (κ3) is 3.00. The van der Waals surface area contributed by atoms with Gasteiger partial charge >= 0.3 is 5.97 Å². The fourth-order valence-electron chi connectivity index (χ4n) is 2.33. The van der Waals surface area contributed by atoms with Crippen molar-refractivity contribution in [3.8, 4) is 11.5 Å². The average Bonchev–Trinajstić information content (AvgIpc) is 2.55. The van der Waals surface area contributed by atoms with E-state index in [4.69, 9.17) is 9.47 Å². The van der Waals surface area contributed by atoms with Gasteiger partial charge in [-0.1, -0.05) is 18.2 Å². The number of carboxylic acids is 1. The Labute approximate surface area is 138 Å². The van der Waals surface area contributed by atoms with Crippen molar-refractivity contribution in [2.75, 3.05) is 17.9 Å². The molecule has 0 unspecified atom stereocenters. The summed E-state index contributed by atoms with van der Waals surface area (Å²) in [5.41, 5.74) is 0.915. The molecule has 2 aromatic carbocycles. The van der Waals surface area contributed by atoms with Crippen LogP contribution in [0, 0.1) is 6.92 Å². The molecule has 8 heteroatoms. The monoisotopic (exact) mass is 349 g/mol. The van der Waals surface area contributed by atoms with Crippen molar-refractivity contribution in [1.29, 1.82) is 0 Å². The smallest absolute Gasteiger partial charge is 0.339 e. The molecule has 24 heavy (non-hydrogen) atoms. The fraction of sp³-hybridized carbons (Fsp3) is 0.188. The average molecular weight is 349 g/mol. The van der Waals surface area contributed by atoms with Crippen LogP contribution in [0.15, 0.2) is 41.3 Å². The Balaban J connectivity index is 2.06. The molecule has 0 saturated carbocycles. The van der Waals surface area contributed by atoms with Crippen LogP contribution >= 0.6 is 0 Å². The Kier molecular flexibility index (Phi) is 4.06. The number of anilines is 1. The van der Waals surface area contributed by atoms with E-state index in [0.717, 1.165) is 11.6 Å². The lowest BCUT2D eigenvalue weighted by molar-refractivity contribution is 0.0685. The Morgan fingerprint density at radius 2 is 1.88 bits per heavy atom. The molecule has 0 atom stereocenters. The van der Waals surface area contributed by atoms with Crippen LogP contribution in [0.5, 0.6) is 11.5 Å². The number of rotatable bonds is 4. The van der Waals surface area contributed by atoms with Crippen molar-refractivity contribution in [3.05, 3.63) is 47.5 Å². The molecule has 2 aromatic rings. The van der Waals surface area contributed by atoms with Crippen molar-refractivity contribution in [3.63, 3.8) is 0 Å². The lowest BCUT2D eigenvalue weighted by Crippen LogP contribution is -2.20. The second-order valence-corrected chi connectivity index (χ2v) is 6.90. The fourth-order valence-corrected chi connectivity index (χ4v) is 3.51. The first-order chi connectivity index (χ1) is 11.4. The van der Waals surface area contributed by atoms with Crippen LogP contribution in [0.3, 0.4) is 0 Å². The zero-order chi connectivity index (χ0) is 17.3. The molecule has 0 radical (unpaired) electrons. The van der Waals surface area contributed by atoms with E-state index in [1.54, 1.807) is 31.2 Å². The van der Waals surface area contributed by atoms with E-state index >= 15 is 0 Å². The minimum Gasteiger partial charge on any atom is -0.486 e. The minimum atomic E-state index is -3.97. The van der Waals surface area contributed by atoms with Crippen molar-refractivity contribution >= 4 is 21.7 Å². The minimum absolute atomic E-state index is 0.0450. The normalized spacial score (nSPS) is 13.4. The molecule has 3 rings (SSSR count). The molecule has 0 bridgehead atoms. The maximum Gasteiger partial charge on any atom is 0.339 e. The van der Waals surface area contributed by atoms with Crippen molar-refractivity contribution < 1.29 is 27.8 Å².